The fourth-order valence-electron chi connectivity index (χ4n) is 12.1. The van der Waals surface area contributed by atoms with Crippen LogP contribution in [-0.2, 0) is 19.5 Å². The van der Waals surface area contributed by atoms with Crippen LogP contribution >= 0.6 is 0 Å². The lowest BCUT2D eigenvalue weighted by Crippen LogP contribution is -2.66. The van der Waals surface area contributed by atoms with Gasteiger partial charge in [-0.1, -0.05) is 38.1 Å². The number of nitro groups is 1. The summed E-state index contributed by atoms with van der Waals surface area (Å²) in [5.41, 5.74) is 5.45. The summed E-state index contributed by atoms with van der Waals surface area (Å²) >= 11 is 0. The summed E-state index contributed by atoms with van der Waals surface area (Å²) in [6.07, 6.45) is 6.03. The molecule has 2 aromatic heterocycles. The van der Waals surface area contributed by atoms with Gasteiger partial charge in [-0.15, -0.1) is 0 Å². The molecule has 0 unspecified atom stereocenters. The van der Waals surface area contributed by atoms with Crippen LogP contribution in [-0.4, -0.2) is 136 Å². The summed E-state index contributed by atoms with van der Waals surface area (Å²) in [5, 5.41) is 16.5. The Labute approximate surface area is 400 Å². The highest BCUT2D eigenvalue weighted by Gasteiger charge is 2.55. The lowest BCUT2D eigenvalue weighted by atomic mass is 9.60. The average Bonchev–Trinajstić information content (AvgIpc) is 4.11. The van der Waals surface area contributed by atoms with Gasteiger partial charge in [0, 0.05) is 79.6 Å². The van der Waals surface area contributed by atoms with Gasteiger partial charge in [0.25, 0.3) is 21.6 Å². The zero-order valence-electron chi connectivity index (χ0n) is 38.8. The summed E-state index contributed by atoms with van der Waals surface area (Å²) in [6, 6.07) is 20.9. The minimum atomic E-state index is -4.68. The van der Waals surface area contributed by atoms with E-state index in [1.807, 2.05) is 29.2 Å². The molecule has 12 rings (SSSR count). The number of aromatic amines is 1. The maximum absolute atomic E-state index is 14.7. The van der Waals surface area contributed by atoms with Crippen LogP contribution in [0, 0.1) is 15.5 Å². The number of anilines is 4. The Bertz CT molecular complexity index is 2950. The number of nitrogens with zero attached hydrogens (tertiary/aromatic N) is 6. The molecule has 3 N–H and O–H groups in total. The molecule has 0 bridgehead atoms. The van der Waals surface area contributed by atoms with Crippen LogP contribution in [0.3, 0.4) is 0 Å². The van der Waals surface area contributed by atoms with Crippen molar-refractivity contribution in [1.29, 1.82) is 0 Å². The zero-order valence-corrected chi connectivity index (χ0v) is 39.6. The fourth-order valence-corrected chi connectivity index (χ4v) is 13.1. The van der Waals surface area contributed by atoms with Gasteiger partial charge in [-0.3, -0.25) is 24.7 Å². The molecule has 3 aromatic carbocycles. The summed E-state index contributed by atoms with van der Waals surface area (Å²) < 4.78 is 54.7. The maximum Gasteiger partial charge on any atom is 0.297 e. The topological polar surface area (TPSA) is 197 Å². The van der Waals surface area contributed by atoms with Gasteiger partial charge >= 0.3 is 0 Å². The van der Waals surface area contributed by atoms with Crippen LogP contribution in [0.4, 0.5) is 28.4 Å². The van der Waals surface area contributed by atoms with E-state index in [9.17, 15) is 23.3 Å². The van der Waals surface area contributed by atoms with Crippen molar-refractivity contribution in [2.24, 2.45) is 5.41 Å². The van der Waals surface area contributed by atoms with Crippen LogP contribution in [0.15, 0.2) is 77.8 Å². The first-order valence-corrected chi connectivity index (χ1v) is 25.7. The van der Waals surface area contributed by atoms with Gasteiger partial charge in [-0.2, -0.15) is 4.98 Å². The van der Waals surface area contributed by atoms with E-state index in [4.69, 9.17) is 23.9 Å². The first-order chi connectivity index (χ1) is 33.4. The van der Waals surface area contributed by atoms with E-state index in [0.717, 1.165) is 62.7 Å². The molecule has 6 aliphatic heterocycles. The number of hydrogen-bond donors (Lipinski definition) is 3. The molecule has 5 fully saturated rings. The van der Waals surface area contributed by atoms with Crippen molar-refractivity contribution < 1.29 is 37.1 Å². The Kier molecular flexibility index (Phi) is 11.0. The van der Waals surface area contributed by atoms with Crippen LogP contribution in [0.25, 0.3) is 11.0 Å². The quantitative estimate of drug-likeness (QED) is 0.0982. The fraction of sp³-hybridized carbons (Fsp3) is 0.480. The number of rotatable bonds is 11. The van der Waals surface area contributed by atoms with Crippen molar-refractivity contribution in [2.45, 2.75) is 80.6 Å². The number of hydrogen-bond acceptors (Lipinski definition) is 15. The largest absolute Gasteiger partial charge is 0.489 e. The molecule has 362 valence electrons. The second kappa shape index (κ2) is 17.2. The minimum Gasteiger partial charge on any atom is -0.489 e. The van der Waals surface area contributed by atoms with Crippen LogP contribution < -0.4 is 29.3 Å². The number of morpholine rings is 1. The third-order valence-electron chi connectivity index (χ3n) is 15.5. The molecule has 8 heterocycles. The number of benzene rings is 3. The molecular formula is C50H57N9O9S. The van der Waals surface area contributed by atoms with Gasteiger partial charge in [0.05, 0.1) is 59.6 Å². The van der Waals surface area contributed by atoms with E-state index in [0.29, 0.717) is 73.9 Å². The van der Waals surface area contributed by atoms with Crippen LogP contribution in [0.1, 0.15) is 73.0 Å². The molecule has 1 spiro atoms. The monoisotopic (exact) mass is 959 g/mol. The van der Waals surface area contributed by atoms with Crippen molar-refractivity contribution in [3.05, 3.63) is 99.7 Å². The molecule has 5 aromatic rings. The number of H-pyrrole nitrogens is 1. The molecule has 19 heteroatoms. The van der Waals surface area contributed by atoms with Crippen molar-refractivity contribution in [3.63, 3.8) is 0 Å². The van der Waals surface area contributed by atoms with Crippen LogP contribution in [0.5, 0.6) is 11.6 Å². The van der Waals surface area contributed by atoms with Crippen molar-refractivity contribution in [3.8, 4) is 11.6 Å². The number of aromatic nitrogens is 2. The maximum atomic E-state index is 14.7. The Balaban J connectivity index is 0.833. The molecule has 1 aliphatic carbocycles. The summed E-state index contributed by atoms with van der Waals surface area (Å²) in [6.45, 7) is 11.4. The van der Waals surface area contributed by atoms with E-state index in [2.05, 4.69) is 67.8 Å². The highest BCUT2D eigenvalue weighted by molar-refractivity contribution is 7.90. The Hall–Kier alpha value is -5.99. The molecule has 0 radical (unpaired) electrons. The molecule has 18 nitrogen and oxygen atoms in total. The van der Waals surface area contributed by atoms with Gasteiger partial charge in [0.2, 0.25) is 5.88 Å². The van der Waals surface area contributed by atoms with Gasteiger partial charge < -0.3 is 39.0 Å². The van der Waals surface area contributed by atoms with E-state index in [1.54, 1.807) is 12.3 Å². The number of fused-ring (bicyclic) bond motifs is 4. The van der Waals surface area contributed by atoms with Crippen molar-refractivity contribution >= 4 is 55.4 Å². The first-order valence-electron chi connectivity index (χ1n) is 24.2. The SMILES string of the molecule is CC(C)c1ccccc1[C@@H]1CCCN1C1CC2(C1)CN(c1ccc(C(=O)NS(=O)(=O)c3cc4c(c([N+](=O)[O-])c3)N[C@H](CN3CCOCC3)CO4)c(N3c4cc5cc[nH]c5nc4O[C@H]4COC[C@@H]43)c1)C2. The van der Waals surface area contributed by atoms with E-state index in [-0.39, 0.29) is 41.1 Å². The normalized spacial score (nSPS) is 24.4. The van der Waals surface area contributed by atoms with Gasteiger partial charge in [-0.25, -0.2) is 13.1 Å². The van der Waals surface area contributed by atoms with Crippen molar-refractivity contribution in [1.82, 2.24) is 24.5 Å². The summed E-state index contributed by atoms with van der Waals surface area (Å²) in [4.78, 5) is 43.3. The highest BCUT2D eigenvalue weighted by atomic mass is 32.2. The Morgan fingerprint density at radius 3 is 2.62 bits per heavy atom. The molecule has 69 heavy (non-hydrogen) atoms. The number of sulfonamides is 1. The predicted octanol–water partition coefficient (Wildman–Crippen LogP) is 6.32. The zero-order chi connectivity index (χ0) is 47.2. The number of amides is 1. The van der Waals surface area contributed by atoms with Gasteiger partial charge in [0.15, 0.2) is 11.4 Å². The molecule has 1 amide bonds. The number of carbonyl (C=O) groups excluding carboxylic acids is 1. The molecular weight excluding hydrogens is 903 g/mol. The minimum absolute atomic E-state index is 0.0165. The third-order valence-corrected chi connectivity index (χ3v) is 16.8. The number of nitro benzene ring substituents is 1. The number of carbonyl (C=O) groups is 1. The second-order valence-corrected chi connectivity index (χ2v) is 21.9. The predicted molar refractivity (Wildman–Crippen MR) is 258 cm³/mol. The number of likely N-dealkylation sites (tertiary alicyclic amines) is 1. The molecule has 4 atom stereocenters. The van der Waals surface area contributed by atoms with E-state index < -0.39 is 37.5 Å². The Morgan fingerprint density at radius 1 is 0.986 bits per heavy atom. The first kappa shape index (κ1) is 44.2. The highest BCUT2D eigenvalue weighted by Crippen LogP contribution is 2.55. The van der Waals surface area contributed by atoms with Crippen molar-refractivity contribution in [2.75, 3.05) is 87.4 Å². The number of ether oxygens (including phenoxy) is 4. The summed E-state index contributed by atoms with van der Waals surface area (Å²) in [7, 11) is -4.68. The Morgan fingerprint density at radius 2 is 1.81 bits per heavy atom. The van der Waals surface area contributed by atoms with Crippen LogP contribution in [0.2, 0.25) is 0 Å². The van der Waals surface area contributed by atoms with E-state index >= 15 is 0 Å². The molecule has 7 aliphatic rings. The van der Waals surface area contributed by atoms with Gasteiger partial charge in [-0.05, 0) is 79.6 Å². The average molecular weight is 960 g/mol. The number of nitrogens with one attached hydrogen (secondary N) is 3. The second-order valence-electron chi connectivity index (χ2n) is 20.2. The molecule has 4 saturated heterocycles. The third kappa shape index (κ3) is 7.91. The summed E-state index contributed by atoms with van der Waals surface area (Å²) in [5.74, 6) is -0.0503. The van der Waals surface area contributed by atoms with E-state index in [1.165, 1.54) is 30.0 Å². The standard InChI is InChI=1S/C50H57N9O9S/c1-30(2)36-6-3-4-7-37(36)39-8-5-13-57(39)34-22-50(23-34)28-56(29-50)33-9-10-38(40(19-33)58-42-18-31-11-12-51-47(31)53-49(42)68-45-27-66-26-43(45)58)48(60)54-69(63,64)35-20-41(59(61)62)46-44(21-35)67-25-32(52-46)24-55-14-16-65-17-15-55/h3-4,6-7,9-12,18-21,30,32,34,39,43,45,52H,5,8,13-17,22-29H2,1-2H3,(H,51,53)(H,54,60)/t32-,39+,43+,45+/m1/s1. The smallest absolute Gasteiger partial charge is 0.297 e. The lowest BCUT2D eigenvalue weighted by molar-refractivity contribution is -0.384. The molecule has 1 saturated carbocycles. The number of pyridine rings is 1. The van der Waals surface area contributed by atoms with Gasteiger partial charge in [0.1, 0.15) is 24.0 Å². The lowest BCUT2D eigenvalue weighted by Gasteiger charge is -2.62.